The number of fused-ring (bicyclic) bond motifs is 1. The van der Waals surface area contributed by atoms with E-state index in [1.54, 1.807) is 19.9 Å². The van der Waals surface area contributed by atoms with Gasteiger partial charge in [0.05, 0.1) is 29.6 Å². The van der Waals surface area contributed by atoms with E-state index in [0.29, 0.717) is 16.6 Å². The second kappa shape index (κ2) is 15.9. The quantitative estimate of drug-likeness (QED) is 0.104. The van der Waals surface area contributed by atoms with E-state index in [-0.39, 0.29) is 18.3 Å². The van der Waals surface area contributed by atoms with Gasteiger partial charge in [-0.2, -0.15) is 0 Å². The molecule has 0 aliphatic carbocycles. The summed E-state index contributed by atoms with van der Waals surface area (Å²) < 4.78 is 5.77. The van der Waals surface area contributed by atoms with E-state index in [1.165, 1.54) is 0 Å². The molecule has 0 aliphatic rings. The molecule has 0 bridgehead atoms. The van der Waals surface area contributed by atoms with Crippen molar-refractivity contribution >= 4 is 46.1 Å². The maximum absolute atomic E-state index is 13.4. The van der Waals surface area contributed by atoms with E-state index in [2.05, 4.69) is 15.6 Å². The number of H-pyrrole nitrogens is 1. The zero-order valence-electron chi connectivity index (χ0n) is 26.5. The number of rotatable bonds is 15. The summed E-state index contributed by atoms with van der Waals surface area (Å²) in [6.07, 6.45) is -0.614. The van der Waals surface area contributed by atoms with Gasteiger partial charge in [0.25, 0.3) is 5.91 Å². The number of carboxylic acid groups (broad SMARTS) is 1. The van der Waals surface area contributed by atoms with Crippen LogP contribution in [-0.4, -0.2) is 63.1 Å². The Morgan fingerprint density at radius 2 is 1.48 bits per heavy atom. The van der Waals surface area contributed by atoms with Gasteiger partial charge in [-0.1, -0.05) is 123 Å². The second-order valence-corrected chi connectivity index (χ2v) is 12.4. The van der Waals surface area contributed by atoms with Gasteiger partial charge in [0.15, 0.2) is 17.5 Å². The number of carboxylic acids is 1. The Labute approximate surface area is 282 Å². The Bertz CT molecular complexity index is 1830. The van der Waals surface area contributed by atoms with Crippen LogP contribution in [-0.2, 0) is 19.2 Å². The highest BCUT2D eigenvalue weighted by Gasteiger charge is 2.30. The number of Topliss-reactive ketones (excluding diaryl/α,β-unsaturated/α-hetero) is 1. The summed E-state index contributed by atoms with van der Waals surface area (Å²) in [5.41, 5.74) is 3.31. The zero-order chi connectivity index (χ0) is 34.0. The first-order valence-electron chi connectivity index (χ1n) is 15.5. The predicted octanol–water partition coefficient (Wildman–Crippen LogP) is 5.74. The standard InChI is InChI=1S/C37H36N4O6S/c1-23(2)33(39-31(43)21-47-30-19-11-17-24-12-9-10-18-27(24)30)36(46)38-28(20-32(44)45)29(42)22-48-37-40-34(25-13-5-3-6-14-25)35(41-37)26-15-7-4-8-16-26/h3-19,23,28,33H,20-22H2,1-2H3,(H,38,46)(H,39,43)(H,40,41)(H,44,45)/t28-,33-/m0/s1. The topological polar surface area (TPSA) is 150 Å². The fourth-order valence-electron chi connectivity index (χ4n) is 5.17. The van der Waals surface area contributed by atoms with Crippen LogP contribution in [0.15, 0.2) is 108 Å². The van der Waals surface area contributed by atoms with Gasteiger partial charge in [-0.15, -0.1) is 0 Å². The SMILES string of the molecule is CC(C)[C@H](NC(=O)COc1cccc2ccccc12)C(=O)N[C@@H](CC(=O)O)C(=O)CSc1nc(-c2ccccc2)c(-c2ccccc2)[nH]1. The molecular weight excluding hydrogens is 628 g/mol. The minimum absolute atomic E-state index is 0.147. The number of amides is 2. The predicted molar refractivity (Wildman–Crippen MR) is 186 cm³/mol. The lowest BCUT2D eigenvalue weighted by atomic mass is 10.0. The summed E-state index contributed by atoms with van der Waals surface area (Å²) in [5.74, 6) is -2.92. The van der Waals surface area contributed by atoms with E-state index in [0.717, 1.165) is 39.4 Å². The molecule has 0 fully saturated rings. The lowest BCUT2D eigenvalue weighted by Crippen LogP contribution is -2.55. The molecule has 0 spiro atoms. The highest BCUT2D eigenvalue weighted by Crippen LogP contribution is 2.32. The van der Waals surface area contributed by atoms with Crippen molar-refractivity contribution in [3.8, 4) is 28.3 Å². The number of benzene rings is 4. The number of carbonyl (C=O) groups excluding carboxylic acids is 3. The Kier molecular flexibility index (Phi) is 11.3. The van der Waals surface area contributed by atoms with Gasteiger partial charge in [-0.3, -0.25) is 19.2 Å². The lowest BCUT2D eigenvalue weighted by molar-refractivity contribution is -0.140. The van der Waals surface area contributed by atoms with Crippen molar-refractivity contribution in [1.29, 1.82) is 0 Å². The third-order valence-corrected chi connectivity index (χ3v) is 8.50. The number of hydrogen-bond donors (Lipinski definition) is 4. The normalized spacial score (nSPS) is 12.3. The Balaban J connectivity index is 1.24. The van der Waals surface area contributed by atoms with Crippen LogP contribution in [0.25, 0.3) is 33.3 Å². The van der Waals surface area contributed by atoms with Crippen LogP contribution in [0.3, 0.4) is 0 Å². The number of aromatic nitrogens is 2. The van der Waals surface area contributed by atoms with Gasteiger partial charge >= 0.3 is 5.97 Å². The fraction of sp³-hybridized carbons (Fsp3) is 0.216. The molecule has 5 aromatic rings. The van der Waals surface area contributed by atoms with Crippen molar-refractivity contribution < 1.29 is 29.0 Å². The first kappa shape index (κ1) is 33.9. The summed E-state index contributed by atoms with van der Waals surface area (Å²) in [6.45, 7) is 3.15. The van der Waals surface area contributed by atoms with Crippen molar-refractivity contribution in [3.63, 3.8) is 0 Å². The second-order valence-electron chi connectivity index (χ2n) is 11.5. The molecule has 10 nitrogen and oxygen atoms in total. The van der Waals surface area contributed by atoms with Crippen LogP contribution in [0.5, 0.6) is 5.75 Å². The molecule has 5 rings (SSSR count). The zero-order valence-corrected chi connectivity index (χ0v) is 27.3. The van der Waals surface area contributed by atoms with Gasteiger partial charge in [0.2, 0.25) is 5.91 Å². The molecule has 48 heavy (non-hydrogen) atoms. The molecule has 0 saturated carbocycles. The van der Waals surface area contributed by atoms with E-state index >= 15 is 0 Å². The molecule has 4 N–H and O–H groups in total. The molecular formula is C37H36N4O6S. The van der Waals surface area contributed by atoms with Gasteiger partial charge in [-0.05, 0) is 17.4 Å². The molecule has 2 amide bonds. The van der Waals surface area contributed by atoms with Gasteiger partial charge in [0, 0.05) is 16.5 Å². The Morgan fingerprint density at radius 1 is 0.833 bits per heavy atom. The van der Waals surface area contributed by atoms with Gasteiger partial charge in [-0.25, -0.2) is 4.98 Å². The molecule has 11 heteroatoms. The Morgan fingerprint density at radius 3 is 2.17 bits per heavy atom. The molecule has 1 aromatic heterocycles. The summed E-state index contributed by atoms with van der Waals surface area (Å²) in [4.78, 5) is 59.3. The van der Waals surface area contributed by atoms with Crippen molar-refractivity contribution in [1.82, 2.24) is 20.6 Å². The number of hydrogen-bond acceptors (Lipinski definition) is 7. The van der Waals surface area contributed by atoms with Crippen molar-refractivity contribution in [2.24, 2.45) is 5.92 Å². The Hall–Kier alpha value is -5.42. The summed E-state index contributed by atoms with van der Waals surface area (Å²) in [5, 5.41) is 17.1. The van der Waals surface area contributed by atoms with E-state index < -0.39 is 42.1 Å². The van der Waals surface area contributed by atoms with Crippen LogP contribution in [0, 0.1) is 5.92 Å². The van der Waals surface area contributed by atoms with E-state index in [1.807, 2.05) is 97.1 Å². The third kappa shape index (κ3) is 8.68. The van der Waals surface area contributed by atoms with E-state index in [9.17, 15) is 24.3 Å². The molecule has 2 atom stereocenters. The number of nitrogens with zero attached hydrogens (tertiary/aromatic N) is 1. The first-order chi connectivity index (χ1) is 23.2. The monoisotopic (exact) mass is 664 g/mol. The molecule has 0 saturated heterocycles. The largest absolute Gasteiger partial charge is 0.483 e. The van der Waals surface area contributed by atoms with Crippen molar-refractivity contribution in [3.05, 3.63) is 103 Å². The number of nitrogens with one attached hydrogen (secondary N) is 3. The van der Waals surface area contributed by atoms with Gasteiger partial charge in [0.1, 0.15) is 11.8 Å². The average Bonchev–Trinajstić information content (AvgIpc) is 3.53. The maximum atomic E-state index is 13.4. The number of ether oxygens (including phenoxy) is 1. The molecule has 4 aromatic carbocycles. The molecule has 0 aliphatic heterocycles. The van der Waals surface area contributed by atoms with Crippen molar-refractivity contribution in [2.45, 2.75) is 37.5 Å². The van der Waals surface area contributed by atoms with Crippen LogP contribution in [0.1, 0.15) is 20.3 Å². The molecule has 0 unspecified atom stereocenters. The fourth-order valence-corrected chi connectivity index (χ4v) is 5.99. The number of imidazole rings is 1. The molecule has 0 radical (unpaired) electrons. The van der Waals surface area contributed by atoms with E-state index in [4.69, 9.17) is 9.72 Å². The number of ketones is 1. The molecule has 1 heterocycles. The minimum atomic E-state index is -1.32. The lowest BCUT2D eigenvalue weighted by Gasteiger charge is -2.24. The smallest absolute Gasteiger partial charge is 0.305 e. The average molecular weight is 665 g/mol. The minimum Gasteiger partial charge on any atom is -0.483 e. The number of carbonyl (C=O) groups is 4. The number of aromatic amines is 1. The summed E-state index contributed by atoms with van der Waals surface area (Å²) >= 11 is 1.12. The number of thioether (sulfide) groups is 1. The highest BCUT2D eigenvalue weighted by molar-refractivity contribution is 7.99. The molecule has 246 valence electrons. The van der Waals surface area contributed by atoms with Crippen molar-refractivity contribution in [2.75, 3.05) is 12.4 Å². The first-order valence-corrected chi connectivity index (χ1v) is 16.5. The number of aliphatic carboxylic acids is 1. The van der Waals surface area contributed by atoms with Crippen LogP contribution >= 0.6 is 11.8 Å². The van der Waals surface area contributed by atoms with Crippen LogP contribution in [0.4, 0.5) is 0 Å². The highest BCUT2D eigenvalue weighted by atomic mass is 32.2. The third-order valence-electron chi connectivity index (χ3n) is 7.60. The van der Waals surface area contributed by atoms with Crippen LogP contribution < -0.4 is 15.4 Å². The van der Waals surface area contributed by atoms with Gasteiger partial charge < -0.3 is 25.5 Å². The summed E-state index contributed by atoms with van der Waals surface area (Å²) in [6, 6.07) is 30.1. The van der Waals surface area contributed by atoms with Crippen LogP contribution in [0.2, 0.25) is 0 Å². The summed E-state index contributed by atoms with van der Waals surface area (Å²) in [7, 11) is 0. The maximum Gasteiger partial charge on any atom is 0.305 e.